The van der Waals surface area contributed by atoms with Crippen LogP contribution in [-0.4, -0.2) is 29.3 Å². The van der Waals surface area contributed by atoms with Crippen molar-refractivity contribution in [2.24, 2.45) is 0 Å². The molecule has 0 saturated carbocycles. The number of aromatic nitrogens is 1. The molecule has 6 nitrogen and oxygen atoms in total. The Morgan fingerprint density at radius 2 is 1.85 bits per heavy atom. The molecule has 3 atom stereocenters. The molecule has 33 heavy (non-hydrogen) atoms. The van der Waals surface area contributed by atoms with Crippen molar-refractivity contribution in [2.45, 2.75) is 37.9 Å². The largest absolute Gasteiger partial charge is 0.391 e. The first kappa shape index (κ1) is 24.6. The van der Waals surface area contributed by atoms with Crippen LogP contribution in [0.1, 0.15) is 43.0 Å². The fourth-order valence-electron chi connectivity index (χ4n) is 4.01. The van der Waals surface area contributed by atoms with E-state index in [-0.39, 0.29) is 5.92 Å². The maximum absolute atomic E-state index is 13.7. The average molecular weight is 469 g/mol. The highest BCUT2D eigenvalue weighted by molar-refractivity contribution is 7.39. The lowest BCUT2D eigenvalue weighted by atomic mass is 9.86. The van der Waals surface area contributed by atoms with Crippen molar-refractivity contribution in [2.75, 3.05) is 7.11 Å². The minimum absolute atomic E-state index is 0.0638. The van der Waals surface area contributed by atoms with E-state index in [0.717, 1.165) is 10.9 Å². The van der Waals surface area contributed by atoms with Crippen molar-refractivity contribution < 1.29 is 28.1 Å². The van der Waals surface area contributed by atoms with E-state index in [1.807, 2.05) is 38.1 Å². The van der Waals surface area contributed by atoms with Crippen molar-refractivity contribution >= 4 is 24.9 Å². The zero-order valence-electron chi connectivity index (χ0n) is 18.5. The van der Waals surface area contributed by atoms with Gasteiger partial charge in [-0.05, 0) is 47.4 Å². The van der Waals surface area contributed by atoms with Crippen LogP contribution in [0.3, 0.4) is 0 Å². The number of hydrogen-bond donors (Lipinski definition) is 1. The molecule has 0 amide bonds. The predicted octanol–water partition coefficient (Wildman–Crippen LogP) is 5.21. The summed E-state index contributed by atoms with van der Waals surface area (Å²) in [5.41, 5.74) is 1.92. The summed E-state index contributed by atoms with van der Waals surface area (Å²) in [6.45, 7) is 3.94. The molecule has 0 saturated heterocycles. The number of rotatable bonds is 8. The Hall–Kier alpha value is -3.04. The summed E-state index contributed by atoms with van der Waals surface area (Å²) >= 11 is 0. The van der Waals surface area contributed by atoms with Gasteiger partial charge in [0.1, 0.15) is 11.9 Å². The minimum atomic E-state index is -2.91. The highest BCUT2D eigenvalue weighted by Gasteiger charge is 2.35. The summed E-state index contributed by atoms with van der Waals surface area (Å²) in [4.78, 5) is 16.8. The first-order chi connectivity index (χ1) is 15.8. The Morgan fingerprint density at radius 3 is 2.45 bits per heavy atom. The van der Waals surface area contributed by atoms with Crippen LogP contribution < -0.4 is 0 Å². The molecule has 0 radical (unpaired) electrons. The van der Waals surface area contributed by atoms with Gasteiger partial charge in [0.25, 0.3) is 0 Å². The maximum atomic E-state index is 13.7. The molecule has 172 valence electrons. The van der Waals surface area contributed by atoms with Crippen LogP contribution in [0.4, 0.5) is 4.39 Å². The number of pyridine rings is 1. The number of carbonyl (C=O) groups excluding carboxylic acids is 1. The molecule has 0 aliphatic heterocycles. The number of esters is 1. The zero-order valence-corrected chi connectivity index (χ0v) is 19.5. The normalized spacial score (nSPS) is 14.0. The van der Waals surface area contributed by atoms with Gasteiger partial charge in [0, 0.05) is 18.1 Å². The molecule has 1 aromatic heterocycles. The molecule has 3 aromatic rings. The standard InChI is InChI=1S/C25H25FNO5P/c1-5-32-21(29)14-20(28)25(33(30)31-4)23-22(15(2)3)18-8-6-7-9-19(18)27-24(23)16-10-12-17(26)13-11-16/h1,6-13,15,20,25,28,33H,14H2,2-4H3. The van der Waals surface area contributed by atoms with Gasteiger partial charge in [0.15, 0.2) is 0 Å². The number of ether oxygens (including phenoxy) is 1. The number of hydrogen-bond acceptors (Lipinski definition) is 6. The molecule has 0 bridgehead atoms. The minimum Gasteiger partial charge on any atom is -0.391 e. The quantitative estimate of drug-likeness (QED) is 0.277. The van der Waals surface area contributed by atoms with Gasteiger partial charge in [-0.1, -0.05) is 38.5 Å². The van der Waals surface area contributed by atoms with Crippen LogP contribution in [0.5, 0.6) is 0 Å². The average Bonchev–Trinajstić information content (AvgIpc) is 2.78. The van der Waals surface area contributed by atoms with Crippen LogP contribution in [0.25, 0.3) is 22.2 Å². The number of aliphatic hydroxyl groups excluding tert-OH is 1. The number of benzene rings is 2. The molecular weight excluding hydrogens is 444 g/mol. The molecule has 3 rings (SSSR count). The lowest BCUT2D eigenvalue weighted by Gasteiger charge is -2.28. The van der Waals surface area contributed by atoms with Crippen molar-refractivity contribution in [1.82, 2.24) is 4.98 Å². The third kappa shape index (κ3) is 5.31. The summed E-state index contributed by atoms with van der Waals surface area (Å²) in [6, 6.07) is 13.2. The molecule has 0 aliphatic rings. The van der Waals surface area contributed by atoms with Crippen molar-refractivity contribution in [3.63, 3.8) is 0 Å². The van der Waals surface area contributed by atoms with E-state index in [9.17, 15) is 18.9 Å². The number of carbonyl (C=O) groups is 1. The number of halogens is 1. The first-order valence-corrected chi connectivity index (χ1v) is 11.8. The SMILES string of the molecule is C#COC(=O)CC(O)C(c1c(-c2ccc(F)cc2)nc2ccccc2c1C(C)C)[PH](=O)OC. The van der Waals surface area contributed by atoms with Crippen molar-refractivity contribution in [3.8, 4) is 23.8 Å². The molecule has 3 unspecified atom stereocenters. The second-order valence-electron chi connectivity index (χ2n) is 7.83. The summed E-state index contributed by atoms with van der Waals surface area (Å²) in [6.07, 6.45) is 4.90. The molecule has 0 spiro atoms. The third-order valence-corrected chi connectivity index (χ3v) is 6.95. The zero-order chi connectivity index (χ0) is 24.1. The topological polar surface area (TPSA) is 85.7 Å². The van der Waals surface area contributed by atoms with Gasteiger partial charge in [-0.3, -0.25) is 9.36 Å². The summed E-state index contributed by atoms with van der Waals surface area (Å²) < 4.78 is 36.5. The van der Waals surface area contributed by atoms with Gasteiger partial charge in [0.05, 0.1) is 29.4 Å². The number of fused-ring (bicyclic) bond motifs is 1. The molecule has 1 heterocycles. The molecular formula is C25H25FNO5P. The summed E-state index contributed by atoms with van der Waals surface area (Å²) in [5.74, 6) is -1.31. The molecule has 8 heteroatoms. The van der Waals surface area contributed by atoms with E-state index < -0.39 is 38.0 Å². The van der Waals surface area contributed by atoms with Crippen LogP contribution in [-0.2, 0) is 18.6 Å². The molecule has 2 aromatic carbocycles. The first-order valence-electron chi connectivity index (χ1n) is 10.4. The van der Waals surface area contributed by atoms with Gasteiger partial charge >= 0.3 is 5.97 Å². The lowest BCUT2D eigenvalue weighted by Crippen LogP contribution is -2.23. The van der Waals surface area contributed by atoms with Crippen LogP contribution in [0.2, 0.25) is 0 Å². The van der Waals surface area contributed by atoms with Gasteiger partial charge in [0.2, 0.25) is 8.03 Å². The van der Waals surface area contributed by atoms with E-state index >= 15 is 0 Å². The van der Waals surface area contributed by atoms with E-state index in [1.54, 1.807) is 18.2 Å². The van der Waals surface area contributed by atoms with E-state index in [2.05, 4.69) is 4.74 Å². The highest BCUT2D eigenvalue weighted by atomic mass is 31.1. The summed E-state index contributed by atoms with van der Waals surface area (Å²) in [5, 5.41) is 11.9. The van der Waals surface area contributed by atoms with Gasteiger partial charge in [-0.25, -0.2) is 9.37 Å². The Balaban J connectivity index is 2.37. The van der Waals surface area contributed by atoms with Crippen molar-refractivity contribution in [3.05, 3.63) is 65.5 Å². The molecule has 0 aliphatic carbocycles. The number of terminal acetylenes is 1. The highest BCUT2D eigenvalue weighted by Crippen LogP contribution is 2.51. The van der Waals surface area contributed by atoms with Gasteiger partial charge in [-0.2, -0.15) is 0 Å². The van der Waals surface area contributed by atoms with Crippen LogP contribution in [0.15, 0.2) is 48.5 Å². The monoisotopic (exact) mass is 469 g/mol. The number of para-hydroxylation sites is 1. The molecule has 0 fully saturated rings. The second-order valence-corrected chi connectivity index (χ2v) is 9.50. The van der Waals surface area contributed by atoms with E-state index in [0.29, 0.717) is 22.3 Å². The lowest BCUT2D eigenvalue weighted by molar-refractivity contribution is -0.139. The van der Waals surface area contributed by atoms with Crippen molar-refractivity contribution in [1.29, 1.82) is 0 Å². The molecule has 1 N–H and O–H groups in total. The smallest absolute Gasteiger partial charge is 0.322 e. The van der Waals surface area contributed by atoms with Crippen LogP contribution in [0, 0.1) is 18.3 Å². The van der Waals surface area contributed by atoms with E-state index in [4.69, 9.17) is 15.9 Å². The van der Waals surface area contributed by atoms with E-state index in [1.165, 1.54) is 19.2 Å². The van der Waals surface area contributed by atoms with Gasteiger partial charge < -0.3 is 14.4 Å². The fourth-order valence-corrected chi connectivity index (χ4v) is 5.22. The Bertz CT molecular complexity index is 1220. The number of nitrogens with zero attached hydrogens (tertiary/aromatic N) is 1. The Kier molecular flexibility index (Phi) is 7.99. The Labute approximate surface area is 192 Å². The third-order valence-electron chi connectivity index (χ3n) is 5.37. The fraction of sp³-hybridized carbons (Fsp3) is 0.280. The van der Waals surface area contributed by atoms with Crippen LogP contribution >= 0.6 is 8.03 Å². The van der Waals surface area contributed by atoms with Gasteiger partial charge in [-0.15, -0.1) is 0 Å². The Morgan fingerprint density at radius 1 is 1.18 bits per heavy atom. The summed E-state index contributed by atoms with van der Waals surface area (Å²) in [7, 11) is -1.63. The second kappa shape index (κ2) is 10.7. The maximum Gasteiger partial charge on any atom is 0.322 e. The predicted molar refractivity (Wildman–Crippen MR) is 126 cm³/mol. The number of aliphatic hydroxyl groups is 1.